The number of carbonyl (C=O) groups excluding carboxylic acids is 2. The van der Waals surface area contributed by atoms with Crippen molar-refractivity contribution >= 4 is 35.2 Å². The summed E-state index contributed by atoms with van der Waals surface area (Å²) >= 11 is 7.50. The summed E-state index contributed by atoms with van der Waals surface area (Å²) in [6, 6.07) is 14.7. The van der Waals surface area contributed by atoms with E-state index in [0.29, 0.717) is 28.8 Å². The van der Waals surface area contributed by atoms with Crippen molar-refractivity contribution in [2.75, 3.05) is 32.3 Å². The lowest BCUT2D eigenvalue weighted by molar-refractivity contribution is -0.124. The topological polar surface area (TPSA) is 52.7 Å². The summed E-state index contributed by atoms with van der Waals surface area (Å²) in [4.78, 5) is 29.5. The average molecular weight is 432 g/mol. The number of hydrogen-bond donors (Lipinski definition) is 1. The molecular weight excluding hydrogens is 406 g/mol. The van der Waals surface area contributed by atoms with Crippen molar-refractivity contribution in [1.82, 2.24) is 15.1 Å². The number of nitrogens with zero attached hydrogens (tertiary/aromatic N) is 2. The molecule has 0 radical (unpaired) electrons. The molecular formula is C22H26ClN3O2S. The Kier molecular flexibility index (Phi) is 7.22. The van der Waals surface area contributed by atoms with Crippen molar-refractivity contribution in [3.8, 4) is 0 Å². The Bertz CT molecular complexity index is 855. The quantitative estimate of drug-likeness (QED) is 0.759. The molecule has 0 aromatic heterocycles. The van der Waals surface area contributed by atoms with E-state index in [9.17, 15) is 9.59 Å². The molecule has 0 aliphatic carbocycles. The molecule has 1 aliphatic heterocycles. The van der Waals surface area contributed by atoms with Gasteiger partial charge in [-0.2, -0.15) is 0 Å². The minimum Gasteiger partial charge on any atom is -0.352 e. The van der Waals surface area contributed by atoms with Crippen LogP contribution in [0.5, 0.6) is 0 Å². The maximum Gasteiger partial charge on any atom is 0.255 e. The number of likely N-dealkylation sites (N-methyl/N-ethyl adjacent to an activating group) is 1. The van der Waals surface area contributed by atoms with Crippen molar-refractivity contribution in [3.63, 3.8) is 0 Å². The van der Waals surface area contributed by atoms with Gasteiger partial charge in [0.15, 0.2) is 0 Å². The van der Waals surface area contributed by atoms with E-state index in [-0.39, 0.29) is 17.9 Å². The number of thioether (sulfide) groups is 1. The van der Waals surface area contributed by atoms with Crippen LogP contribution in [0, 0.1) is 6.92 Å². The fourth-order valence-electron chi connectivity index (χ4n) is 3.32. The van der Waals surface area contributed by atoms with Gasteiger partial charge in [0.2, 0.25) is 5.91 Å². The fraction of sp³-hybridized carbons (Fsp3) is 0.364. The second kappa shape index (κ2) is 9.65. The average Bonchev–Trinajstić information content (AvgIpc) is 3.19. The van der Waals surface area contributed by atoms with E-state index in [1.54, 1.807) is 40.9 Å². The third-order valence-corrected chi connectivity index (χ3v) is 6.36. The summed E-state index contributed by atoms with van der Waals surface area (Å²) in [5, 5.41) is 3.64. The summed E-state index contributed by atoms with van der Waals surface area (Å²) in [6.07, 6.45) is 0. The molecule has 1 fully saturated rings. The van der Waals surface area contributed by atoms with Crippen LogP contribution in [0.3, 0.4) is 0 Å². The number of nitrogens with one attached hydrogen (secondary N) is 1. The van der Waals surface area contributed by atoms with Crippen molar-refractivity contribution in [3.05, 3.63) is 70.2 Å². The molecule has 2 aromatic carbocycles. The molecule has 154 valence electrons. The van der Waals surface area contributed by atoms with Gasteiger partial charge in [0, 0.05) is 22.9 Å². The number of amides is 2. The van der Waals surface area contributed by atoms with Crippen LogP contribution in [0.4, 0.5) is 0 Å². The van der Waals surface area contributed by atoms with Gasteiger partial charge >= 0.3 is 0 Å². The fourth-order valence-corrected chi connectivity index (χ4v) is 4.60. The second-order valence-corrected chi connectivity index (χ2v) is 8.87. The van der Waals surface area contributed by atoms with Crippen LogP contribution in [0.2, 0.25) is 5.02 Å². The Balaban J connectivity index is 1.66. The van der Waals surface area contributed by atoms with Crippen LogP contribution in [0.25, 0.3) is 0 Å². The maximum atomic E-state index is 12.9. The van der Waals surface area contributed by atoms with Gasteiger partial charge in [0.05, 0.1) is 11.9 Å². The highest BCUT2D eigenvalue weighted by Gasteiger charge is 2.35. The lowest BCUT2D eigenvalue weighted by Crippen LogP contribution is -2.48. The van der Waals surface area contributed by atoms with Crippen LogP contribution in [-0.2, 0) is 4.79 Å². The van der Waals surface area contributed by atoms with Gasteiger partial charge in [-0.15, -0.1) is 11.8 Å². The maximum absolute atomic E-state index is 12.9. The van der Waals surface area contributed by atoms with E-state index in [0.717, 1.165) is 5.56 Å². The molecule has 5 nitrogen and oxygen atoms in total. The summed E-state index contributed by atoms with van der Waals surface area (Å²) in [6.45, 7) is 2.54. The minimum absolute atomic E-state index is 0.0639. The molecule has 2 amide bonds. The molecule has 2 atom stereocenters. The zero-order chi connectivity index (χ0) is 21.0. The molecule has 1 heterocycles. The smallest absolute Gasteiger partial charge is 0.255 e. The zero-order valence-corrected chi connectivity index (χ0v) is 18.5. The molecule has 7 heteroatoms. The summed E-state index contributed by atoms with van der Waals surface area (Å²) in [5.41, 5.74) is 2.89. The van der Waals surface area contributed by atoms with Crippen LogP contribution in [0.15, 0.2) is 48.5 Å². The van der Waals surface area contributed by atoms with Gasteiger partial charge in [0.1, 0.15) is 6.04 Å². The molecule has 0 saturated carbocycles. The van der Waals surface area contributed by atoms with Gasteiger partial charge in [-0.25, -0.2) is 0 Å². The minimum atomic E-state index is -0.469. The van der Waals surface area contributed by atoms with Crippen LogP contribution in [-0.4, -0.2) is 59.9 Å². The van der Waals surface area contributed by atoms with E-state index in [1.807, 2.05) is 14.1 Å². The van der Waals surface area contributed by atoms with E-state index in [1.165, 1.54) is 5.56 Å². The lowest BCUT2D eigenvalue weighted by Gasteiger charge is -2.27. The summed E-state index contributed by atoms with van der Waals surface area (Å²) in [7, 11) is 4.00. The monoisotopic (exact) mass is 431 g/mol. The zero-order valence-electron chi connectivity index (χ0n) is 16.9. The first-order valence-corrected chi connectivity index (χ1v) is 11.0. The van der Waals surface area contributed by atoms with Gasteiger partial charge < -0.3 is 15.1 Å². The van der Waals surface area contributed by atoms with Gasteiger partial charge in [0.25, 0.3) is 5.91 Å². The lowest BCUT2D eigenvalue weighted by atomic mass is 10.0. The Morgan fingerprint density at radius 1 is 1.17 bits per heavy atom. The Morgan fingerprint density at radius 2 is 1.83 bits per heavy atom. The number of rotatable bonds is 6. The first kappa shape index (κ1) is 21.7. The van der Waals surface area contributed by atoms with Gasteiger partial charge in [-0.05, 0) is 50.8 Å². The number of aryl methyl sites for hydroxylation is 1. The predicted octanol–water partition coefficient (Wildman–Crippen LogP) is 3.58. The largest absolute Gasteiger partial charge is 0.352 e. The van der Waals surface area contributed by atoms with Gasteiger partial charge in [-0.1, -0.05) is 41.4 Å². The molecule has 1 N–H and O–H groups in total. The van der Waals surface area contributed by atoms with Crippen molar-refractivity contribution < 1.29 is 9.59 Å². The molecule has 3 rings (SSSR count). The summed E-state index contributed by atoms with van der Waals surface area (Å²) in [5.74, 6) is 0.850. The number of benzene rings is 2. The Hall–Kier alpha value is -2.02. The van der Waals surface area contributed by atoms with E-state index in [2.05, 4.69) is 41.4 Å². The first-order valence-electron chi connectivity index (χ1n) is 9.52. The SMILES string of the molecule is Cc1ccc(C(CNC(=O)C2CSCN2C(=O)c2ccc(Cl)cc2)N(C)C)cc1. The van der Waals surface area contributed by atoms with Crippen molar-refractivity contribution in [1.29, 1.82) is 0 Å². The highest BCUT2D eigenvalue weighted by Crippen LogP contribution is 2.24. The van der Waals surface area contributed by atoms with Crippen LogP contribution in [0.1, 0.15) is 27.5 Å². The predicted molar refractivity (Wildman–Crippen MR) is 119 cm³/mol. The van der Waals surface area contributed by atoms with E-state index < -0.39 is 6.04 Å². The molecule has 1 aliphatic rings. The molecule has 1 saturated heterocycles. The molecule has 0 spiro atoms. The second-order valence-electron chi connectivity index (χ2n) is 7.43. The number of carbonyl (C=O) groups is 2. The number of hydrogen-bond acceptors (Lipinski definition) is 4. The third kappa shape index (κ3) is 5.32. The third-order valence-electron chi connectivity index (χ3n) is 5.09. The Labute approximate surface area is 181 Å². The number of halogens is 1. The molecule has 0 bridgehead atoms. The molecule has 2 aromatic rings. The van der Waals surface area contributed by atoms with Crippen molar-refractivity contribution in [2.24, 2.45) is 0 Å². The first-order chi connectivity index (χ1) is 13.9. The molecule has 2 unspecified atom stereocenters. The Morgan fingerprint density at radius 3 is 2.45 bits per heavy atom. The van der Waals surface area contributed by atoms with E-state index >= 15 is 0 Å². The standard InChI is InChI=1S/C22H26ClN3O2S/c1-15-4-6-16(7-5-15)19(25(2)3)12-24-21(27)20-13-29-14-26(20)22(28)17-8-10-18(23)11-9-17/h4-11,19-20H,12-14H2,1-3H3,(H,24,27). The van der Waals surface area contributed by atoms with E-state index in [4.69, 9.17) is 11.6 Å². The van der Waals surface area contributed by atoms with Crippen LogP contribution < -0.4 is 5.32 Å². The highest BCUT2D eigenvalue weighted by molar-refractivity contribution is 7.99. The molecule has 29 heavy (non-hydrogen) atoms. The van der Waals surface area contributed by atoms with Crippen molar-refractivity contribution in [2.45, 2.75) is 19.0 Å². The normalized spacial score (nSPS) is 17.4. The van der Waals surface area contributed by atoms with Crippen LogP contribution >= 0.6 is 23.4 Å². The summed E-state index contributed by atoms with van der Waals surface area (Å²) < 4.78 is 0. The highest BCUT2D eigenvalue weighted by atomic mass is 35.5. The van der Waals surface area contributed by atoms with Gasteiger partial charge in [-0.3, -0.25) is 9.59 Å².